The van der Waals surface area contributed by atoms with Crippen LogP contribution < -0.4 is 0 Å². The topological polar surface area (TPSA) is 22.0 Å². The molecule has 1 rings (SSSR count). The van der Waals surface area contributed by atoms with Gasteiger partial charge in [-0.25, -0.2) is 0 Å². The van der Waals surface area contributed by atoms with E-state index >= 15 is 0 Å². The van der Waals surface area contributed by atoms with Crippen LogP contribution in [0.5, 0.6) is 0 Å². The van der Waals surface area contributed by atoms with E-state index in [-0.39, 0.29) is 0 Å². The highest BCUT2D eigenvalue weighted by Crippen LogP contribution is 2.32. The van der Waals surface area contributed by atoms with Crippen molar-refractivity contribution in [2.45, 2.75) is 6.18 Å². The van der Waals surface area contributed by atoms with E-state index in [0.717, 1.165) is 12.4 Å². The molecule has 0 saturated carbocycles. The first-order chi connectivity index (χ1) is 5.82. The van der Waals surface area contributed by atoms with Crippen molar-refractivity contribution >= 4 is 17.7 Å². The van der Waals surface area contributed by atoms with Crippen molar-refractivity contribution in [2.24, 2.45) is 7.05 Å². The van der Waals surface area contributed by atoms with E-state index in [9.17, 15) is 18.0 Å². The number of hydrogen-bond acceptors (Lipinski definition) is 1. The second-order valence-electron chi connectivity index (χ2n) is 2.55. The first kappa shape index (κ1) is 10.2. The van der Waals surface area contributed by atoms with Crippen LogP contribution >= 0.6 is 12.6 Å². The van der Waals surface area contributed by atoms with Crippen LogP contribution in [0.1, 0.15) is 15.9 Å². The van der Waals surface area contributed by atoms with Crippen LogP contribution in [-0.4, -0.2) is 9.68 Å². The van der Waals surface area contributed by atoms with Gasteiger partial charge in [-0.1, -0.05) is 0 Å². The van der Waals surface area contributed by atoms with Crippen molar-refractivity contribution in [1.29, 1.82) is 0 Å². The van der Waals surface area contributed by atoms with Gasteiger partial charge in [0.1, 0.15) is 0 Å². The van der Waals surface area contributed by atoms with Crippen LogP contribution in [0.25, 0.3) is 0 Å². The Morgan fingerprint density at radius 2 is 2.00 bits per heavy atom. The van der Waals surface area contributed by atoms with Gasteiger partial charge in [-0.3, -0.25) is 4.79 Å². The molecule has 1 aromatic heterocycles. The quantitative estimate of drug-likeness (QED) is 0.703. The molecule has 0 fully saturated rings. The van der Waals surface area contributed by atoms with Gasteiger partial charge in [-0.15, -0.1) is 12.6 Å². The standard InChI is InChI=1S/C7H6F3NOS/c1-11-2-4(6(12)13)5(3-11)7(8,9)10/h2-3H,1H3,(H,12,13). The summed E-state index contributed by atoms with van der Waals surface area (Å²) in [5, 5.41) is -0.882. The van der Waals surface area contributed by atoms with Crippen molar-refractivity contribution < 1.29 is 18.0 Å². The molecular weight excluding hydrogens is 203 g/mol. The smallest absolute Gasteiger partial charge is 0.356 e. The minimum absolute atomic E-state index is 0.418. The normalized spacial score (nSPS) is 11.8. The first-order valence-corrected chi connectivity index (χ1v) is 3.73. The second-order valence-corrected chi connectivity index (χ2v) is 2.96. The average molecular weight is 209 g/mol. The van der Waals surface area contributed by atoms with Crippen LogP contribution in [0.3, 0.4) is 0 Å². The zero-order valence-corrected chi connectivity index (χ0v) is 7.49. The number of halogens is 3. The molecule has 1 aromatic rings. The summed E-state index contributed by atoms with van der Waals surface area (Å²) in [6, 6.07) is 0. The average Bonchev–Trinajstić information content (AvgIpc) is 2.29. The van der Waals surface area contributed by atoms with Gasteiger partial charge in [0.25, 0.3) is 0 Å². The summed E-state index contributed by atoms with van der Waals surface area (Å²) in [5.74, 6) is 0. The number of aryl methyl sites for hydroxylation is 1. The zero-order chi connectivity index (χ0) is 10.2. The highest BCUT2D eigenvalue weighted by Gasteiger charge is 2.35. The van der Waals surface area contributed by atoms with Gasteiger partial charge in [0.15, 0.2) is 0 Å². The molecule has 0 amide bonds. The summed E-state index contributed by atoms with van der Waals surface area (Å²) < 4.78 is 37.8. The largest absolute Gasteiger partial charge is 0.418 e. The van der Waals surface area contributed by atoms with Crippen molar-refractivity contribution in [3.05, 3.63) is 23.5 Å². The Balaban J connectivity index is 3.28. The number of carbonyl (C=O) groups excluding carboxylic acids is 1. The van der Waals surface area contributed by atoms with Gasteiger partial charge < -0.3 is 4.57 Å². The Hall–Kier alpha value is -0.910. The van der Waals surface area contributed by atoms with E-state index in [0.29, 0.717) is 0 Å². The molecule has 0 saturated heterocycles. The van der Waals surface area contributed by atoms with Gasteiger partial charge in [-0.2, -0.15) is 13.2 Å². The Bertz CT molecular complexity index is 342. The summed E-state index contributed by atoms with van der Waals surface area (Å²) in [6.45, 7) is 0. The van der Waals surface area contributed by atoms with Crippen molar-refractivity contribution in [2.75, 3.05) is 0 Å². The second kappa shape index (κ2) is 3.10. The number of carbonyl (C=O) groups is 1. The predicted molar refractivity (Wildman–Crippen MR) is 43.7 cm³/mol. The molecule has 72 valence electrons. The number of nitrogens with zero attached hydrogens (tertiary/aromatic N) is 1. The monoisotopic (exact) mass is 209 g/mol. The number of rotatable bonds is 1. The molecule has 0 N–H and O–H groups in total. The predicted octanol–water partition coefficient (Wildman–Crippen LogP) is 2.11. The van der Waals surface area contributed by atoms with E-state index in [1.54, 1.807) is 0 Å². The molecule has 0 spiro atoms. The van der Waals surface area contributed by atoms with Crippen LogP contribution in [0.4, 0.5) is 13.2 Å². The minimum atomic E-state index is -4.50. The fourth-order valence-corrected chi connectivity index (χ4v) is 1.16. The van der Waals surface area contributed by atoms with Crippen molar-refractivity contribution in [1.82, 2.24) is 4.57 Å². The first-order valence-electron chi connectivity index (χ1n) is 3.29. The van der Waals surface area contributed by atoms with E-state index in [4.69, 9.17) is 0 Å². The lowest BCUT2D eigenvalue weighted by molar-refractivity contribution is -0.137. The Labute approximate surface area is 77.8 Å². The Morgan fingerprint density at radius 3 is 2.31 bits per heavy atom. The zero-order valence-electron chi connectivity index (χ0n) is 6.59. The number of thiol groups is 1. The molecule has 13 heavy (non-hydrogen) atoms. The highest BCUT2D eigenvalue weighted by molar-refractivity contribution is 7.97. The summed E-state index contributed by atoms with van der Waals surface area (Å²) in [6.07, 6.45) is -2.56. The maximum absolute atomic E-state index is 12.2. The molecule has 0 bridgehead atoms. The van der Waals surface area contributed by atoms with Crippen LogP contribution in [0.2, 0.25) is 0 Å². The van der Waals surface area contributed by atoms with Crippen molar-refractivity contribution in [3.8, 4) is 0 Å². The van der Waals surface area contributed by atoms with E-state index < -0.39 is 22.4 Å². The molecule has 0 radical (unpaired) electrons. The van der Waals surface area contributed by atoms with E-state index in [2.05, 4.69) is 12.6 Å². The van der Waals surface area contributed by atoms with Gasteiger partial charge >= 0.3 is 6.18 Å². The summed E-state index contributed by atoms with van der Waals surface area (Å²) in [7, 11) is 1.41. The van der Waals surface area contributed by atoms with Crippen LogP contribution in [0.15, 0.2) is 12.4 Å². The van der Waals surface area contributed by atoms with Crippen LogP contribution in [-0.2, 0) is 13.2 Å². The molecule has 0 unspecified atom stereocenters. The third-order valence-corrected chi connectivity index (χ3v) is 1.73. The maximum atomic E-state index is 12.2. The Morgan fingerprint density at radius 1 is 1.46 bits per heavy atom. The number of alkyl halides is 3. The molecule has 0 aliphatic carbocycles. The minimum Gasteiger partial charge on any atom is -0.356 e. The lowest BCUT2D eigenvalue weighted by atomic mass is 10.2. The van der Waals surface area contributed by atoms with Crippen LogP contribution in [0, 0.1) is 0 Å². The molecule has 0 aliphatic rings. The van der Waals surface area contributed by atoms with E-state index in [1.165, 1.54) is 11.6 Å². The lowest BCUT2D eigenvalue weighted by Crippen LogP contribution is -2.07. The summed E-state index contributed by atoms with van der Waals surface area (Å²) in [5.41, 5.74) is -1.37. The van der Waals surface area contributed by atoms with Gasteiger partial charge in [0, 0.05) is 19.4 Å². The molecule has 2 nitrogen and oxygen atoms in total. The molecule has 0 atom stereocenters. The lowest BCUT2D eigenvalue weighted by Gasteiger charge is -2.04. The molecule has 0 aliphatic heterocycles. The number of aromatic nitrogens is 1. The number of hydrogen-bond donors (Lipinski definition) is 1. The van der Waals surface area contributed by atoms with Gasteiger partial charge in [-0.05, 0) is 0 Å². The Kier molecular flexibility index (Phi) is 2.42. The maximum Gasteiger partial charge on any atom is 0.418 e. The third kappa shape index (κ3) is 2.06. The molecular formula is C7H6F3NOS. The fourth-order valence-electron chi connectivity index (χ4n) is 0.980. The molecule has 6 heteroatoms. The van der Waals surface area contributed by atoms with E-state index in [1.807, 2.05) is 0 Å². The summed E-state index contributed by atoms with van der Waals surface area (Å²) in [4.78, 5) is 10.7. The SMILES string of the molecule is Cn1cc(C(=O)S)c(C(F)(F)F)c1. The fraction of sp³-hybridized carbons (Fsp3) is 0.286. The molecule has 0 aromatic carbocycles. The molecule has 1 heterocycles. The van der Waals surface area contributed by atoms with Crippen molar-refractivity contribution in [3.63, 3.8) is 0 Å². The van der Waals surface area contributed by atoms with Gasteiger partial charge in [0.2, 0.25) is 5.12 Å². The third-order valence-electron chi connectivity index (χ3n) is 1.49. The van der Waals surface area contributed by atoms with Gasteiger partial charge in [0.05, 0.1) is 11.1 Å². The highest BCUT2D eigenvalue weighted by atomic mass is 32.1. The summed E-state index contributed by atoms with van der Waals surface area (Å²) >= 11 is 3.35.